The van der Waals surface area contributed by atoms with Crippen molar-refractivity contribution in [3.8, 4) is 0 Å². The van der Waals surface area contributed by atoms with Gasteiger partial charge in [-0.2, -0.15) is 0 Å². The summed E-state index contributed by atoms with van der Waals surface area (Å²) in [6.07, 6.45) is -0.782. The molecule has 2 N–H and O–H groups in total. The van der Waals surface area contributed by atoms with E-state index in [1.165, 1.54) is 12.1 Å². The Morgan fingerprint density at radius 1 is 1.23 bits per heavy atom. The lowest BCUT2D eigenvalue weighted by Gasteiger charge is -2.18. The number of rotatable bonds is 6. The molecule has 0 saturated carbocycles. The van der Waals surface area contributed by atoms with E-state index in [1.807, 2.05) is 0 Å². The Balaban J connectivity index is 2.43. The van der Waals surface area contributed by atoms with E-state index < -0.39 is 57.7 Å². The summed E-state index contributed by atoms with van der Waals surface area (Å²) in [5.74, 6) is -4.39. The Morgan fingerprint density at radius 3 is 2.50 bits per heavy atom. The molecule has 2 aromatic carbocycles. The molecule has 0 radical (unpaired) electrons. The summed E-state index contributed by atoms with van der Waals surface area (Å²) >= 11 is 5.78. The van der Waals surface area contributed by atoms with Crippen molar-refractivity contribution in [1.82, 2.24) is 5.32 Å². The number of hydrogen-bond acceptors (Lipinski definition) is 4. The molecule has 0 aliphatic carbocycles. The summed E-state index contributed by atoms with van der Waals surface area (Å²) in [7, 11) is 0. The molecular weight excluding hydrogens is 374 g/mol. The van der Waals surface area contributed by atoms with Crippen molar-refractivity contribution in [2.45, 2.75) is 12.5 Å². The highest BCUT2D eigenvalue weighted by atomic mass is 35.5. The third kappa shape index (κ3) is 4.31. The molecule has 0 aliphatic rings. The topological polar surface area (TPSA) is 110 Å². The molecule has 1 atom stereocenters. The third-order valence-corrected chi connectivity index (χ3v) is 3.75. The van der Waals surface area contributed by atoms with Crippen LogP contribution in [0.1, 0.15) is 28.4 Å². The van der Waals surface area contributed by atoms with Crippen LogP contribution in [-0.4, -0.2) is 21.9 Å². The van der Waals surface area contributed by atoms with Gasteiger partial charge in [-0.1, -0.05) is 17.7 Å². The number of carboxylic acids is 1. The minimum Gasteiger partial charge on any atom is -0.481 e. The molecule has 1 amide bonds. The molecule has 0 spiro atoms. The van der Waals surface area contributed by atoms with Gasteiger partial charge in [0, 0.05) is 17.7 Å². The van der Waals surface area contributed by atoms with Gasteiger partial charge in [0.25, 0.3) is 11.6 Å². The fraction of sp³-hybridized carbons (Fsp3) is 0.125. The van der Waals surface area contributed by atoms with Crippen molar-refractivity contribution < 1.29 is 28.4 Å². The number of benzene rings is 2. The van der Waals surface area contributed by atoms with Crippen molar-refractivity contribution >= 4 is 29.2 Å². The second-order valence-electron chi connectivity index (χ2n) is 5.18. The minimum absolute atomic E-state index is 0.226. The number of carboxylic acid groups (broad SMARTS) is 1. The van der Waals surface area contributed by atoms with E-state index in [2.05, 4.69) is 5.32 Å². The quantitative estimate of drug-likeness (QED) is 0.585. The number of carbonyl (C=O) groups excluding carboxylic acids is 1. The van der Waals surface area contributed by atoms with Crippen molar-refractivity contribution in [2.75, 3.05) is 0 Å². The van der Waals surface area contributed by atoms with Gasteiger partial charge in [-0.3, -0.25) is 19.7 Å². The zero-order chi connectivity index (χ0) is 19.4. The lowest BCUT2D eigenvalue weighted by Crippen LogP contribution is -2.31. The summed E-state index contributed by atoms with van der Waals surface area (Å²) in [6, 6.07) is 4.50. The highest BCUT2D eigenvalue weighted by Gasteiger charge is 2.26. The first kappa shape index (κ1) is 19.3. The van der Waals surface area contributed by atoms with Gasteiger partial charge >= 0.3 is 5.97 Å². The van der Waals surface area contributed by atoms with Crippen LogP contribution in [-0.2, 0) is 4.79 Å². The summed E-state index contributed by atoms with van der Waals surface area (Å²) in [4.78, 5) is 33.4. The Kier molecular flexibility index (Phi) is 5.83. The standard InChI is InChI=1S/C16H11ClF2N2O5/c17-10-2-1-3-12(19)15(10)16(24)20-13(7-14(22)23)9-6-8(21(25)26)4-5-11(9)18/h1-6,13H,7H2,(H,20,24)(H,22,23). The van der Waals surface area contributed by atoms with Gasteiger partial charge in [0.1, 0.15) is 11.6 Å². The first-order chi connectivity index (χ1) is 12.2. The summed E-state index contributed by atoms with van der Waals surface area (Å²) in [5.41, 5.74) is -1.45. The number of carbonyl (C=O) groups is 2. The molecule has 0 aromatic heterocycles. The molecule has 0 aliphatic heterocycles. The minimum atomic E-state index is -1.48. The van der Waals surface area contributed by atoms with E-state index in [0.717, 1.165) is 24.3 Å². The zero-order valence-electron chi connectivity index (χ0n) is 12.9. The maximum atomic E-state index is 14.1. The molecule has 7 nitrogen and oxygen atoms in total. The molecule has 1 unspecified atom stereocenters. The lowest BCUT2D eigenvalue weighted by atomic mass is 10.0. The molecule has 0 saturated heterocycles. The van der Waals surface area contributed by atoms with Crippen LogP contribution in [0.3, 0.4) is 0 Å². The number of halogens is 3. The smallest absolute Gasteiger partial charge is 0.305 e. The monoisotopic (exact) mass is 384 g/mol. The number of nitrogens with one attached hydrogen (secondary N) is 1. The van der Waals surface area contributed by atoms with E-state index in [9.17, 15) is 28.5 Å². The van der Waals surface area contributed by atoms with Gasteiger partial charge in [-0.15, -0.1) is 0 Å². The van der Waals surface area contributed by atoms with Crippen molar-refractivity contribution in [1.29, 1.82) is 0 Å². The van der Waals surface area contributed by atoms with Crippen LogP contribution < -0.4 is 5.32 Å². The number of nitro groups is 1. The summed E-state index contributed by atoms with van der Waals surface area (Å²) < 4.78 is 27.9. The Labute approximate surface area is 150 Å². The highest BCUT2D eigenvalue weighted by Crippen LogP contribution is 2.26. The van der Waals surface area contributed by atoms with E-state index in [0.29, 0.717) is 0 Å². The van der Waals surface area contributed by atoms with Gasteiger partial charge in [0.15, 0.2) is 0 Å². The molecule has 0 bridgehead atoms. The average molecular weight is 385 g/mol. The number of hydrogen-bond donors (Lipinski definition) is 2. The Bertz CT molecular complexity index is 871. The number of non-ortho nitro benzene ring substituents is 1. The highest BCUT2D eigenvalue weighted by molar-refractivity contribution is 6.33. The second kappa shape index (κ2) is 7.87. The maximum absolute atomic E-state index is 14.1. The van der Waals surface area contributed by atoms with Gasteiger partial charge in [0.05, 0.1) is 28.0 Å². The van der Waals surface area contributed by atoms with Crippen LogP contribution in [0.4, 0.5) is 14.5 Å². The molecule has 26 heavy (non-hydrogen) atoms. The number of nitrogens with zero attached hydrogens (tertiary/aromatic N) is 1. The molecular formula is C16H11ClF2N2O5. The van der Waals surface area contributed by atoms with E-state index in [-0.39, 0.29) is 5.02 Å². The van der Waals surface area contributed by atoms with Crippen molar-refractivity contribution in [3.05, 3.63) is 74.3 Å². The normalized spacial score (nSPS) is 11.7. The van der Waals surface area contributed by atoms with Crippen molar-refractivity contribution in [3.63, 3.8) is 0 Å². The van der Waals surface area contributed by atoms with Crippen LogP contribution in [0.2, 0.25) is 5.02 Å². The lowest BCUT2D eigenvalue weighted by molar-refractivity contribution is -0.385. The number of nitro benzene ring substituents is 1. The molecule has 2 rings (SSSR count). The fourth-order valence-corrected chi connectivity index (χ4v) is 2.52. The van der Waals surface area contributed by atoms with Crippen LogP contribution in [0, 0.1) is 21.7 Å². The third-order valence-electron chi connectivity index (χ3n) is 3.44. The largest absolute Gasteiger partial charge is 0.481 e. The van der Waals surface area contributed by atoms with Crippen LogP contribution in [0.25, 0.3) is 0 Å². The van der Waals surface area contributed by atoms with Crippen molar-refractivity contribution in [2.24, 2.45) is 0 Å². The Morgan fingerprint density at radius 2 is 1.92 bits per heavy atom. The summed E-state index contributed by atoms with van der Waals surface area (Å²) in [5, 5.41) is 21.8. The first-order valence-corrected chi connectivity index (χ1v) is 7.49. The molecule has 0 heterocycles. The SMILES string of the molecule is O=C(O)CC(NC(=O)c1c(F)cccc1Cl)c1cc([N+](=O)[O-])ccc1F. The predicted molar refractivity (Wildman–Crippen MR) is 86.9 cm³/mol. The number of aliphatic carboxylic acids is 1. The Hall–Kier alpha value is -3.07. The van der Waals surface area contributed by atoms with Crippen LogP contribution in [0.5, 0.6) is 0 Å². The summed E-state index contributed by atoms with van der Waals surface area (Å²) in [6.45, 7) is 0. The predicted octanol–water partition coefficient (Wildman–Crippen LogP) is 3.47. The van der Waals surface area contributed by atoms with Gasteiger partial charge in [0.2, 0.25) is 0 Å². The van der Waals surface area contributed by atoms with E-state index >= 15 is 0 Å². The molecule has 10 heteroatoms. The zero-order valence-corrected chi connectivity index (χ0v) is 13.7. The van der Waals surface area contributed by atoms with Gasteiger partial charge in [-0.25, -0.2) is 8.78 Å². The molecule has 136 valence electrons. The number of amides is 1. The average Bonchev–Trinajstić information content (AvgIpc) is 2.53. The first-order valence-electron chi connectivity index (χ1n) is 7.11. The molecule has 2 aromatic rings. The van der Waals surface area contributed by atoms with Crippen LogP contribution in [0.15, 0.2) is 36.4 Å². The van der Waals surface area contributed by atoms with E-state index in [4.69, 9.17) is 16.7 Å². The van der Waals surface area contributed by atoms with E-state index in [1.54, 1.807) is 0 Å². The molecule has 0 fully saturated rings. The van der Waals surface area contributed by atoms with Crippen LogP contribution >= 0.6 is 11.6 Å². The van der Waals surface area contributed by atoms with Gasteiger partial charge < -0.3 is 10.4 Å². The van der Waals surface area contributed by atoms with Gasteiger partial charge in [-0.05, 0) is 18.2 Å². The fourth-order valence-electron chi connectivity index (χ4n) is 2.27. The maximum Gasteiger partial charge on any atom is 0.305 e. The second-order valence-corrected chi connectivity index (χ2v) is 5.59.